The number of ether oxygens (including phenoxy) is 3. The van der Waals surface area contributed by atoms with Crippen LogP contribution in [-0.4, -0.2) is 36.5 Å². The van der Waals surface area contributed by atoms with E-state index >= 15 is 0 Å². The summed E-state index contributed by atoms with van der Waals surface area (Å²) in [4.78, 5) is 13.6. The van der Waals surface area contributed by atoms with E-state index in [4.69, 9.17) is 14.2 Å². The first-order valence-corrected chi connectivity index (χ1v) is 7.78. The monoisotopic (exact) mass is 319 g/mol. The molecule has 0 bridgehead atoms. The van der Waals surface area contributed by atoms with Crippen molar-refractivity contribution in [2.45, 2.75) is 45.8 Å². The normalized spacial score (nSPS) is 14.8. The van der Waals surface area contributed by atoms with E-state index in [1.54, 1.807) is 11.9 Å². The zero-order valence-electron chi connectivity index (χ0n) is 14.5. The number of carbonyl (C=O) groups excluding carboxylic acids is 1. The van der Waals surface area contributed by atoms with Gasteiger partial charge in [0.2, 0.25) is 6.79 Å². The van der Waals surface area contributed by atoms with Crippen molar-refractivity contribution >= 4 is 12.2 Å². The highest BCUT2D eigenvalue weighted by molar-refractivity contribution is 5.68. The number of fused-ring (bicyclic) bond motifs is 1. The van der Waals surface area contributed by atoms with E-state index < -0.39 is 5.60 Å². The van der Waals surface area contributed by atoms with Gasteiger partial charge in [-0.2, -0.15) is 0 Å². The average Bonchev–Trinajstić information content (AvgIpc) is 2.92. The lowest BCUT2D eigenvalue weighted by molar-refractivity contribution is 0.0238. The van der Waals surface area contributed by atoms with Crippen molar-refractivity contribution in [3.8, 4) is 11.5 Å². The molecule has 1 aliphatic rings. The second kappa shape index (κ2) is 6.94. The smallest absolute Gasteiger partial charge is 0.410 e. The summed E-state index contributed by atoms with van der Waals surface area (Å²) in [6.45, 7) is 7.86. The van der Waals surface area contributed by atoms with Crippen LogP contribution in [0, 0.1) is 0 Å². The summed E-state index contributed by atoms with van der Waals surface area (Å²) in [5.74, 6) is 1.55. The molecule has 0 fully saturated rings. The van der Waals surface area contributed by atoms with Crippen molar-refractivity contribution in [1.82, 2.24) is 4.90 Å². The molecule has 23 heavy (non-hydrogen) atoms. The molecule has 0 N–H and O–H groups in total. The van der Waals surface area contributed by atoms with E-state index in [9.17, 15) is 4.79 Å². The van der Waals surface area contributed by atoms with Gasteiger partial charge in [0.25, 0.3) is 0 Å². The first kappa shape index (κ1) is 17.2. The fourth-order valence-corrected chi connectivity index (χ4v) is 2.09. The SMILES string of the molecule is CC(C/C=C/c1ccc2c(c1)OCO2)N(C)C(=O)OC(C)(C)C. The lowest BCUT2D eigenvalue weighted by atomic mass is 10.1. The minimum atomic E-state index is -0.479. The highest BCUT2D eigenvalue weighted by atomic mass is 16.7. The summed E-state index contributed by atoms with van der Waals surface area (Å²) in [7, 11) is 1.76. The van der Waals surface area contributed by atoms with Gasteiger partial charge >= 0.3 is 6.09 Å². The van der Waals surface area contributed by atoms with Crippen molar-refractivity contribution in [1.29, 1.82) is 0 Å². The third-order valence-electron chi connectivity index (χ3n) is 3.53. The maximum absolute atomic E-state index is 12.0. The van der Waals surface area contributed by atoms with E-state index in [-0.39, 0.29) is 18.9 Å². The molecule has 1 amide bonds. The van der Waals surface area contributed by atoms with Crippen LogP contribution in [0.4, 0.5) is 4.79 Å². The molecule has 0 aliphatic carbocycles. The first-order chi connectivity index (χ1) is 10.8. The molecular weight excluding hydrogens is 294 g/mol. The average molecular weight is 319 g/mol. The number of nitrogens with zero attached hydrogens (tertiary/aromatic N) is 1. The largest absolute Gasteiger partial charge is 0.454 e. The van der Waals surface area contributed by atoms with Gasteiger partial charge in [-0.05, 0) is 51.8 Å². The molecule has 0 spiro atoms. The summed E-state index contributed by atoms with van der Waals surface area (Å²) in [5.41, 5.74) is 0.564. The predicted molar refractivity (Wildman–Crippen MR) is 89.7 cm³/mol. The van der Waals surface area contributed by atoms with Gasteiger partial charge in [-0.25, -0.2) is 4.79 Å². The van der Waals surface area contributed by atoms with Crippen LogP contribution in [0.1, 0.15) is 39.7 Å². The Balaban J connectivity index is 1.88. The molecule has 1 atom stereocenters. The lowest BCUT2D eigenvalue weighted by Gasteiger charge is -2.28. The Morgan fingerprint density at radius 1 is 1.35 bits per heavy atom. The van der Waals surface area contributed by atoms with E-state index in [0.717, 1.165) is 23.5 Å². The molecule has 0 aromatic heterocycles. The van der Waals surface area contributed by atoms with Crippen molar-refractivity contribution in [3.05, 3.63) is 29.8 Å². The van der Waals surface area contributed by atoms with Gasteiger partial charge in [-0.1, -0.05) is 18.2 Å². The molecule has 1 aliphatic heterocycles. The molecule has 0 radical (unpaired) electrons. The Bertz CT molecular complexity index is 589. The van der Waals surface area contributed by atoms with Crippen molar-refractivity contribution < 1.29 is 19.0 Å². The fraction of sp³-hybridized carbons (Fsp3) is 0.500. The van der Waals surface area contributed by atoms with Crippen LogP contribution in [0.25, 0.3) is 6.08 Å². The molecule has 5 heteroatoms. The van der Waals surface area contributed by atoms with E-state index in [1.807, 2.05) is 58.0 Å². The van der Waals surface area contributed by atoms with Gasteiger partial charge < -0.3 is 19.1 Å². The van der Waals surface area contributed by atoms with Crippen LogP contribution in [0.15, 0.2) is 24.3 Å². The quantitative estimate of drug-likeness (QED) is 0.839. The molecule has 1 aromatic carbocycles. The topological polar surface area (TPSA) is 48.0 Å². The van der Waals surface area contributed by atoms with Crippen LogP contribution in [0.3, 0.4) is 0 Å². The second-order valence-electron chi connectivity index (χ2n) is 6.69. The number of hydrogen-bond acceptors (Lipinski definition) is 4. The highest BCUT2D eigenvalue weighted by Gasteiger charge is 2.22. The highest BCUT2D eigenvalue weighted by Crippen LogP contribution is 2.32. The minimum absolute atomic E-state index is 0.0510. The van der Waals surface area contributed by atoms with Crippen molar-refractivity contribution in [2.24, 2.45) is 0 Å². The first-order valence-electron chi connectivity index (χ1n) is 7.78. The van der Waals surface area contributed by atoms with Gasteiger partial charge in [0.1, 0.15) is 5.60 Å². The van der Waals surface area contributed by atoms with Gasteiger partial charge in [0.05, 0.1) is 0 Å². The molecule has 2 rings (SSSR count). The number of hydrogen-bond donors (Lipinski definition) is 0. The third kappa shape index (κ3) is 4.91. The number of carbonyl (C=O) groups is 1. The Kier molecular flexibility index (Phi) is 5.19. The molecular formula is C18H25NO4. The summed E-state index contributed by atoms with van der Waals surface area (Å²) in [6, 6.07) is 5.88. The molecule has 0 saturated carbocycles. The van der Waals surface area contributed by atoms with Crippen LogP contribution in [0.2, 0.25) is 0 Å². The molecule has 0 saturated heterocycles. The fourth-order valence-electron chi connectivity index (χ4n) is 2.09. The second-order valence-corrected chi connectivity index (χ2v) is 6.69. The summed E-state index contributed by atoms with van der Waals surface area (Å²) < 4.78 is 16.0. The maximum Gasteiger partial charge on any atom is 0.410 e. The lowest BCUT2D eigenvalue weighted by Crippen LogP contribution is -2.39. The van der Waals surface area contributed by atoms with E-state index in [2.05, 4.69) is 0 Å². The third-order valence-corrected chi connectivity index (χ3v) is 3.53. The van der Waals surface area contributed by atoms with Crippen molar-refractivity contribution in [2.75, 3.05) is 13.8 Å². The number of rotatable bonds is 4. The van der Waals surface area contributed by atoms with Crippen LogP contribution in [-0.2, 0) is 4.74 Å². The standard InChI is InChI=1S/C18H25NO4/c1-13(19(5)17(20)23-18(2,3)4)7-6-8-14-9-10-15-16(11-14)22-12-21-15/h6,8-11,13H,7,12H2,1-5H3/b8-6+. The van der Waals surface area contributed by atoms with E-state index in [1.165, 1.54) is 0 Å². The molecule has 1 aromatic rings. The van der Waals surface area contributed by atoms with Gasteiger partial charge in [-0.3, -0.25) is 0 Å². The number of amides is 1. The van der Waals surface area contributed by atoms with Crippen LogP contribution < -0.4 is 9.47 Å². The Morgan fingerprint density at radius 2 is 2.04 bits per heavy atom. The molecule has 1 unspecified atom stereocenters. The summed E-state index contributed by atoms with van der Waals surface area (Å²) in [5, 5.41) is 0. The van der Waals surface area contributed by atoms with Crippen LogP contribution in [0.5, 0.6) is 11.5 Å². The molecule has 1 heterocycles. The maximum atomic E-state index is 12.0. The summed E-state index contributed by atoms with van der Waals surface area (Å²) in [6.07, 6.45) is 4.50. The predicted octanol–water partition coefficient (Wildman–Crippen LogP) is 4.07. The van der Waals surface area contributed by atoms with Gasteiger partial charge in [-0.15, -0.1) is 0 Å². The molecule has 126 valence electrons. The zero-order chi connectivity index (χ0) is 17.0. The number of benzene rings is 1. The Labute approximate surface area is 137 Å². The van der Waals surface area contributed by atoms with Crippen molar-refractivity contribution in [3.63, 3.8) is 0 Å². The van der Waals surface area contributed by atoms with Gasteiger partial charge in [0, 0.05) is 13.1 Å². The molecule has 5 nitrogen and oxygen atoms in total. The van der Waals surface area contributed by atoms with Crippen LogP contribution >= 0.6 is 0 Å². The van der Waals surface area contributed by atoms with E-state index in [0.29, 0.717) is 0 Å². The van der Waals surface area contributed by atoms with Gasteiger partial charge in [0.15, 0.2) is 11.5 Å². The Morgan fingerprint density at radius 3 is 2.74 bits per heavy atom. The summed E-state index contributed by atoms with van der Waals surface area (Å²) >= 11 is 0. The zero-order valence-corrected chi connectivity index (χ0v) is 14.5. The Hall–Kier alpha value is -2.17. The minimum Gasteiger partial charge on any atom is -0.454 e.